The first-order chi connectivity index (χ1) is 13.3. The number of thiophene rings is 1. The van der Waals surface area contributed by atoms with E-state index in [2.05, 4.69) is 43.1 Å². The number of nitrogens with one attached hydrogen (secondary N) is 1. The average Bonchev–Trinajstić information content (AvgIpc) is 3.22. The Kier molecular flexibility index (Phi) is 6.52. The Morgan fingerprint density at radius 1 is 1.04 bits per heavy atom. The van der Waals surface area contributed by atoms with Crippen LogP contribution in [0.2, 0.25) is 0 Å². The van der Waals surface area contributed by atoms with Gasteiger partial charge in [-0.15, -0.1) is 11.3 Å². The summed E-state index contributed by atoms with van der Waals surface area (Å²) in [5.41, 5.74) is 2.08. The molecule has 0 spiro atoms. The molecule has 1 aliphatic heterocycles. The Hall–Kier alpha value is -2.18. The van der Waals surface area contributed by atoms with Crippen LogP contribution in [0.15, 0.2) is 41.8 Å². The molecule has 1 aromatic carbocycles. The van der Waals surface area contributed by atoms with Crippen molar-refractivity contribution in [2.24, 2.45) is 0 Å². The third kappa shape index (κ3) is 5.20. The number of carbonyl (C=O) groups is 2. The molecule has 28 heavy (non-hydrogen) atoms. The molecule has 150 valence electrons. The van der Waals surface area contributed by atoms with Crippen molar-refractivity contribution in [3.8, 4) is 0 Å². The van der Waals surface area contributed by atoms with Crippen molar-refractivity contribution in [2.45, 2.75) is 26.2 Å². The molecule has 0 bridgehead atoms. The summed E-state index contributed by atoms with van der Waals surface area (Å²) >= 11 is 1.45. The van der Waals surface area contributed by atoms with Crippen LogP contribution in [-0.2, 0) is 5.41 Å². The average molecular weight is 400 g/mol. The van der Waals surface area contributed by atoms with Gasteiger partial charge in [-0.05, 0) is 34.6 Å². The van der Waals surface area contributed by atoms with Gasteiger partial charge in [0.25, 0.3) is 11.8 Å². The summed E-state index contributed by atoms with van der Waals surface area (Å²) in [6.45, 7) is 11.1. The molecule has 0 saturated carbocycles. The summed E-state index contributed by atoms with van der Waals surface area (Å²) in [5.74, 6) is 0.0913. The van der Waals surface area contributed by atoms with Crippen molar-refractivity contribution >= 4 is 23.2 Å². The highest BCUT2D eigenvalue weighted by atomic mass is 32.1. The van der Waals surface area contributed by atoms with Gasteiger partial charge in [-0.3, -0.25) is 14.5 Å². The number of hydrogen-bond acceptors (Lipinski definition) is 4. The molecule has 3 rings (SSSR count). The highest BCUT2D eigenvalue weighted by molar-refractivity contribution is 7.12. The van der Waals surface area contributed by atoms with Crippen LogP contribution < -0.4 is 5.32 Å². The van der Waals surface area contributed by atoms with Gasteiger partial charge in [0.1, 0.15) is 0 Å². The zero-order chi connectivity index (χ0) is 20.1. The Bertz CT molecular complexity index is 786. The maximum atomic E-state index is 12.8. The first-order valence-electron chi connectivity index (χ1n) is 9.78. The van der Waals surface area contributed by atoms with Gasteiger partial charge in [0.2, 0.25) is 0 Å². The molecule has 1 N–H and O–H groups in total. The van der Waals surface area contributed by atoms with Crippen molar-refractivity contribution in [3.63, 3.8) is 0 Å². The largest absolute Gasteiger partial charge is 0.350 e. The Morgan fingerprint density at radius 2 is 1.71 bits per heavy atom. The van der Waals surface area contributed by atoms with E-state index in [-0.39, 0.29) is 17.2 Å². The lowest BCUT2D eigenvalue weighted by Crippen LogP contribution is -2.50. The molecule has 0 aliphatic carbocycles. The molecule has 2 aromatic rings. The standard InChI is InChI=1S/C22H29N3O2S/c1-22(2,3)18-8-6-17(7-9-18)21(27)25-14-12-24(13-15-25)11-10-23-20(26)19-5-4-16-28-19/h4-9,16H,10-15H2,1-3H3,(H,23,26). The second-order valence-corrected chi connectivity index (χ2v) is 9.14. The van der Waals surface area contributed by atoms with E-state index in [1.807, 2.05) is 34.5 Å². The number of hydrogen-bond donors (Lipinski definition) is 1. The lowest BCUT2D eigenvalue weighted by molar-refractivity contribution is 0.0638. The SMILES string of the molecule is CC(C)(C)c1ccc(C(=O)N2CCN(CCNC(=O)c3cccs3)CC2)cc1. The normalized spacial score (nSPS) is 15.5. The molecule has 0 atom stereocenters. The van der Waals surface area contributed by atoms with Gasteiger partial charge >= 0.3 is 0 Å². The number of piperazine rings is 1. The summed E-state index contributed by atoms with van der Waals surface area (Å²) < 4.78 is 0. The van der Waals surface area contributed by atoms with Crippen LogP contribution in [-0.4, -0.2) is 60.9 Å². The third-order valence-corrected chi connectivity index (χ3v) is 5.98. The minimum absolute atomic E-state index is 0.0116. The van der Waals surface area contributed by atoms with Crippen LogP contribution in [0.5, 0.6) is 0 Å². The topological polar surface area (TPSA) is 52.7 Å². The maximum absolute atomic E-state index is 12.8. The van der Waals surface area contributed by atoms with Crippen LogP contribution in [0.4, 0.5) is 0 Å². The monoisotopic (exact) mass is 399 g/mol. The molecule has 6 heteroatoms. The Balaban J connectivity index is 1.43. The first-order valence-corrected chi connectivity index (χ1v) is 10.7. The summed E-state index contributed by atoms with van der Waals surface area (Å²) in [5, 5.41) is 4.86. The number of carbonyl (C=O) groups excluding carboxylic acids is 2. The molecule has 0 unspecified atom stereocenters. The van der Waals surface area contributed by atoms with Crippen molar-refractivity contribution < 1.29 is 9.59 Å². The number of nitrogens with zero attached hydrogens (tertiary/aromatic N) is 2. The van der Waals surface area contributed by atoms with Crippen LogP contribution >= 0.6 is 11.3 Å². The fourth-order valence-corrected chi connectivity index (χ4v) is 3.93. The summed E-state index contributed by atoms with van der Waals surface area (Å²) in [7, 11) is 0. The van der Waals surface area contributed by atoms with Gasteiger partial charge in [-0.1, -0.05) is 39.0 Å². The number of amides is 2. The minimum Gasteiger partial charge on any atom is -0.350 e. The molecular formula is C22H29N3O2S. The second kappa shape index (κ2) is 8.88. The van der Waals surface area contributed by atoms with Crippen LogP contribution in [0, 0.1) is 0 Å². The van der Waals surface area contributed by atoms with Gasteiger partial charge in [0, 0.05) is 44.8 Å². The molecule has 1 saturated heterocycles. The molecular weight excluding hydrogens is 370 g/mol. The van der Waals surface area contributed by atoms with E-state index in [9.17, 15) is 9.59 Å². The van der Waals surface area contributed by atoms with Gasteiger partial charge in [-0.2, -0.15) is 0 Å². The predicted molar refractivity (Wildman–Crippen MR) is 114 cm³/mol. The van der Waals surface area contributed by atoms with Crippen LogP contribution in [0.1, 0.15) is 46.4 Å². The molecule has 1 aromatic heterocycles. The quantitative estimate of drug-likeness (QED) is 0.840. The molecule has 5 nitrogen and oxygen atoms in total. The highest BCUT2D eigenvalue weighted by Crippen LogP contribution is 2.22. The van der Waals surface area contributed by atoms with E-state index >= 15 is 0 Å². The summed E-state index contributed by atoms with van der Waals surface area (Å²) in [6, 6.07) is 11.7. The van der Waals surface area contributed by atoms with E-state index in [1.54, 1.807) is 0 Å². The van der Waals surface area contributed by atoms with E-state index in [0.29, 0.717) is 6.54 Å². The fourth-order valence-electron chi connectivity index (χ4n) is 3.29. The highest BCUT2D eigenvalue weighted by Gasteiger charge is 2.22. The molecule has 0 radical (unpaired) electrons. The number of rotatable bonds is 5. The fraction of sp³-hybridized carbons (Fsp3) is 0.455. The molecule has 2 amide bonds. The van der Waals surface area contributed by atoms with E-state index in [0.717, 1.165) is 43.2 Å². The van der Waals surface area contributed by atoms with E-state index in [4.69, 9.17) is 0 Å². The lowest BCUT2D eigenvalue weighted by atomic mass is 9.86. The predicted octanol–water partition coefficient (Wildman–Crippen LogP) is 3.23. The van der Waals surface area contributed by atoms with Crippen molar-refractivity contribution in [2.75, 3.05) is 39.3 Å². The maximum Gasteiger partial charge on any atom is 0.261 e. The van der Waals surface area contributed by atoms with Crippen molar-refractivity contribution in [1.29, 1.82) is 0 Å². The zero-order valence-corrected chi connectivity index (χ0v) is 17.7. The summed E-state index contributed by atoms with van der Waals surface area (Å²) in [4.78, 5) is 29.7. The van der Waals surface area contributed by atoms with Crippen LogP contribution in [0.3, 0.4) is 0 Å². The van der Waals surface area contributed by atoms with Crippen LogP contribution in [0.25, 0.3) is 0 Å². The Labute approximate surface area is 171 Å². The van der Waals surface area contributed by atoms with Crippen molar-refractivity contribution in [1.82, 2.24) is 15.1 Å². The van der Waals surface area contributed by atoms with E-state index in [1.165, 1.54) is 16.9 Å². The molecule has 1 fully saturated rings. The van der Waals surface area contributed by atoms with Gasteiger partial charge in [0.15, 0.2) is 0 Å². The Morgan fingerprint density at radius 3 is 2.29 bits per heavy atom. The van der Waals surface area contributed by atoms with Crippen molar-refractivity contribution in [3.05, 3.63) is 57.8 Å². The van der Waals surface area contributed by atoms with E-state index < -0.39 is 0 Å². The van der Waals surface area contributed by atoms with Gasteiger partial charge in [0.05, 0.1) is 4.88 Å². The van der Waals surface area contributed by atoms with Gasteiger partial charge in [-0.25, -0.2) is 0 Å². The second-order valence-electron chi connectivity index (χ2n) is 8.19. The molecule has 2 heterocycles. The lowest BCUT2D eigenvalue weighted by Gasteiger charge is -2.34. The molecule has 1 aliphatic rings. The smallest absolute Gasteiger partial charge is 0.261 e. The minimum atomic E-state index is -0.0116. The van der Waals surface area contributed by atoms with Gasteiger partial charge < -0.3 is 10.2 Å². The first kappa shape index (κ1) is 20.6. The third-order valence-electron chi connectivity index (χ3n) is 5.12. The zero-order valence-electron chi connectivity index (χ0n) is 16.9. The summed E-state index contributed by atoms with van der Waals surface area (Å²) in [6.07, 6.45) is 0. The number of benzene rings is 1.